The van der Waals surface area contributed by atoms with E-state index in [0.29, 0.717) is 4.88 Å². The number of carbonyl (C=O) groups excluding carboxylic acids is 2. The SMILES string of the molecule is O=C(C1=C(O)C(=O)N(CCOCCO)[C@H]1c1ccccc1F)c1cccs1. The molecule has 8 heteroatoms. The summed E-state index contributed by atoms with van der Waals surface area (Å²) in [6.07, 6.45) is 0. The summed E-state index contributed by atoms with van der Waals surface area (Å²) in [7, 11) is 0. The Labute approximate surface area is 159 Å². The second kappa shape index (κ2) is 8.43. The van der Waals surface area contributed by atoms with E-state index in [9.17, 15) is 19.1 Å². The molecule has 142 valence electrons. The summed E-state index contributed by atoms with van der Waals surface area (Å²) in [5.74, 6) is -2.52. The lowest BCUT2D eigenvalue weighted by Crippen LogP contribution is -2.34. The van der Waals surface area contributed by atoms with E-state index in [0.717, 1.165) is 0 Å². The molecule has 2 N–H and O–H groups in total. The maximum atomic E-state index is 14.5. The molecule has 1 aliphatic heterocycles. The van der Waals surface area contributed by atoms with Crippen LogP contribution in [-0.2, 0) is 9.53 Å². The van der Waals surface area contributed by atoms with Crippen LogP contribution in [0.1, 0.15) is 21.3 Å². The van der Waals surface area contributed by atoms with Gasteiger partial charge in [0.1, 0.15) is 5.82 Å². The fourth-order valence-corrected chi connectivity index (χ4v) is 3.68. The molecule has 0 saturated heterocycles. The molecule has 2 aromatic rings. The number of hydrogen-bond acceptors (Lipinski definition) is 6. The van der Waals surface area contributed by atoms with Crippen molar-refractivity contribution in [3.8, 4) is 0 Å². The van der Waals surface area contributed by atoms with Gasteiger partial charge in [0.05, 0.1) is 36.3 Å². The molecule has 0 radical (unpaired) electrons. The van der Waals surface area contributed by atoms with Gasteiger partial charge in [0.15, 0.2) is 5.76 Å². The summed E-state index contributed by atoms with van der Waals surface area (Å²) in [4.78, 5) is 27.1. The maximum absolute atomic E-state index is 14.5. The first-order valence-electron chi connectivity index (χ1n) is 8.31. The van der Waals surface area contributed by atoms with Gasteiger partial charge in [-0.15, -0.1) is 11.3 Å². The Hall–Kier alpha value is -2.55. The van der Waals surface area contributed by atoms with Crippen LogP contribution < -0.4 is 0 Å². The Morgan fingerprint density at radius 3 is 2.67 bits per heavy atom. The van der Waals surface area contributed by atoms with Gasteiger partial charge in [0.2, 0.25) is 5.78 Å². The van der Waals surface area contributed by atoms with E-state index in [1.54, 1.807) is 23.6 Å². The number of Topliss-reactive ketones (excluding diaryl/α,β-unsaturated/α-hetero) is 1. The van der Waals surface area contributed by atoms with Crippen LogP contribution in [0.5, 0.6) is 0 Å². The van der Waals surface area contributed by atoms with E-state index in [1.807, 2.05) is 0 Å². The van der Waals surface area contributed by atoms with Crippen LogP contribution in [0.25, 0.3) is 0 Å². The van der Waals surface area contributed by atoms with Crippen LogP contribution in [0, 0.1) is 5.82 Å². The van der Waals surface area contributed by atoms with Gasteiger partial charge in [-0.05, 0) is 17.5 Å². The van der Waals surface area contributed by atoms with Crippen molar-refractivity contribution in [2.24, 2.45) is 0 Å². The van der Waals surface area contributed by atoms with Crippen molar-refractivity contribution in [1.29, 1.82) is 0 Å². The molecule has 27 heavy (non-hydrogen) atoms. The molecule has 2 heterocycles. The maximum Gasteiger partial charge on any atom is 0.290 e. The van der Waals surface area contributed by atoms with E-state index in [1.165, 1.54) is 34.4 Å². The van der Waals surface area contributed by atoms with Crippen molar-refractivity contribution in [3.63, 3.8) is 0 Å². The number of amides is 1. The quantitative estimate of drug-likeness (QED) is 0.533. The summed E-state index contributed by atoms with van der Waals surface area (Å²) < 4.78 is 19.7. The molecule has 0 bridgehead atoms. The van der Waals surface area contributed by atoms with Crippen molar-refractivity contribution < 1.29 is 28.9 Å². The van der Waals surface area contributed by atoms with Crippen LogP contribution in [0.2, 0.25) is 0 Å². The second-order valence-electron chi connectivity index (χ2n) is 5.83. The lowest BCUT2D eigenvalue weighted by atomic mass is 9.95. The van der Waals surface area contributed by atoms with Crippen molar-refractivity contribution in [2.45, 2.75) is 6.04 Å². The van der Waals surface area contributed by atoms with E-state index >= 15 is 0 Å². The lowest BCUT2D eigenvalue weighted by Gasteiger charge is -2.27. The molecule has 0 saturated carbocycles. The Morgan fingerprint density at radius 2 is 2.00 bits per heavy atom. The first-order valence-corrected chi connectivity index (χ1v) is 9.19. The lowest BCUT2D eigenvalue weighted by molar-refractivity contribution is -0.130. The molecule has 1 amide bonds. The zero-order valence-corrected chi connectivity index (χ0v) is 15.1. The molecule has 0 spiro atoms. The van der Waals surface area contributed by atoms with E-state index in [-0.39, 0.29) is 37.5 Å². The second-order valence-corrected chi connectivity index (χ2v) is 6.77. The van der Waals surface area contributed by atoms with Crippen molar-refractivity contribution in [2.75, 3.05) is 26.4 Å². The van der Waals surface area contributed by atoms with Crippen LogP contribution in [-0.4, -0.2) is 53.2 Å². The van der Waals surface area contributed by atoms with Crippen molar-refractivity contribution in [1.82, 2.24) is 4.90 Å². The van der Waals surface area contributed by atoms with Gasteiger partial charge in [-0.1, -0.05) is 24.3 Å². The Balaban J connectivity index is 2.00. The summed E-state index contributed by atoms with van der Waals surface area (Å²) in [6.45, 7) is 0.0250. The average Bonchev–Trinajstić information content (AvgIpc) is 3.28. The number of aliphatic hydroxyl groups is 2. The van der Waals surface area contributed by atoms with Gasteiger partial charge in [-0.2, -0.15) is 0 Å². The zero-order chi connectivity index (χ0) is 19.4. The van der Waals surface area contributed by atoms with Crippen LogP contribution >= 0.6 is 11.3 Å². The summed E-state index contributed by atoms with van der Waals surface area (Å²) in [6, 6.07) is 8.05. The highest BCUT2D eigenvalue weighted by molar-refractivity contribution is 7.12. The minimum Gasteiger partial charge on any atom is -0.503 e. The Bertz CT molecular complexity index is 865. The number of thiophene rings is 1. The molecule has 6 nitrogen and oxygen atoms in total. The number of rotatable bonds is 8. The predicted molar refractivity (Wildman–Crippen MR) is 97.1 cm³/mol. The fraction of sp³-hybridized carbons (Fsp3) is 0.263. The molecule has 0 unspecified atom stereocenters. The van der Waals surface area contributed by atoms with Crippen molar-refractivity contribution >= 4 is 23.0 Å². The fourth-order valence-electron chi connectivity index (χ4n) is 3.01. The first-order chi connectivity index (χ1) is 13.1. The topological polar surface area (TPSA) is 87.1 Å². The number of halogens is 1. The van der Waals surface area contributed by atoms with Gasteiger partial charge in [0, 0.05) is 12.1 Å². The third-order valence-corrected chi connectivity index (χ3v) is 5.07. The van der Waals surface area contributed by atoms with Gasteiger partial charge in [-0.3, -0.25) is 9.59 Å². The molecule has 1 aliphatic rings. The highest BCUT2D eigenvalue weighted by Crippen LogP contribution is 2.40. The van der Waals surface area contributed by atoms with Gasteiger partial charge in [0.25, 0.3) is 5.91 Å². The minimum absolute atomic E-state index is 0.0309. The Kier molecular flexibility index (Phi) is 6.00. The number of ketones is 1. The van der Waals surface area contributed by atoms with Gasteiger partial charge in [-0.25, -0.2) is 4.39 Å². The molecule has 1 aromatic heterocycles. The number of nitrogens with zero attached hydrogens (tertiary/aromatic N) is 1. The standard InChI is InChI=1S/C19H18FNO5S/c20-13-5-2-1-4-12(13)16-15(17(23)14-6-3-11-27-14)18(24)19(25)21(16)7-9-26-10-8-22/h1-6,11,16,22,24H,7-10H2/t16-/m0/s1. The highest BCUT2D eigenvalue weighted by Gasteiger charge is 2.44. The van der Waals surface area contributed by atoms with Crippen molar-refractivity contribution in [3.05, 3.63) is 69.4 Å². The normalized spacial score (nSPS) is 17.0. The first kappa shape index (κ1) is 19.2. The smallest absolute Gasteiger partial charge is 0.290 e. The molecule has 3 rings (SSSR count). The third kappa shape index (κ3) is 3.78. The number of ether oxygens (including phenoxy) is 1. The van der Waals surface area contributed by atoms with E-state index in [2.05, 4.69) is 0 Å². The number of carbonyl (C=O) groups is 2. The molecule has 1 aromatic carbocycles. The number of aliphatic hydroxyl groups excluding tert-OH is 2. The molecular formula is C19H18FNO5S. The predicted octanol–water partition coefficient (Wildman–Crippen LogP) is 2.47. The Morgan fingerprint density at radius 1 is 1.22 bits per heavy atom. The van der Waals surface area contributed by atoms with E-state index < -0.39 is 29.3 Å². The molecule has 0 aliphatic carbocycles. The summed E-state index contributed by atoms with van der Waals surface area (Å²) in [5, 5.41) is 20.9. The van der Waals surface area contributed by atoms with Crippen LogP contribution in [0.4, 0.5) is 4.39 Å². The van der Waals surface area contributed by atoms with E-state index in [4.69, 9.17) is 9.84 Å². The monoisotopic (exact) mass is 391 g/mol. The van der Waals surface area contributed by atoms with Gasteiger partial charge < -0.3 is 19.8 Å². The number of benzene rings is 1. The van der Waals surface area contributed by atoms with Crippen LogP contribution in [0.15, 0.2) is 53.1 Å². The number of hydrogen-bond donors (Lipinski definition) is 2. The molecular weight excluding hydrogens is 373 g/mol. The third-order valence-electron chi connectivity index (χ3n) is 4.21. The average molecular weight is 391 g/mol. The minimum atomic E-state index is -1.05. The summed E-state index contributed by atoms with van der Waals surface area (Å²) in [5.41, 5.74) is -0.0216. The zero-order valence-electron chi connectivity index (χ0n) is 14.3. The molecule has 1 atom stereocenters. The van der Waals surface area contributed by atoms with Crippen LogP contribution in [0.3, 0.4) is 0 Å². The highest BCUT2D eigenvalue weighted by atomic mass is 32.1. The van der Waals surface area contributed by atoms with Gasteiger partial charge >= 0.3 is 0 Å². The molecule has 0 fully saturated rings. The largest absolute Gasteiger partial charge is 0.503 e. The summed E-state index contributed by atoms with van der Waals surface area (Å²) >= 11 is 1.18.